The first-order valence-electron chi connectivity index (χ1n) is 11.8. The normalized spacial score (nSPS) is 21.8. The van der Waals surface area contributed by atoms with Gasteiger partial charge in [-0.3, -0.25) is 4.79 Å². The van der Waals surface area contributed by atoms with Crippen molar-refractivity contribution in [2.24, 2.45) is 0 Å². The van der Waals surface area contributed by atoms with Gasteiger partial charge in [0.15, 0.2) is 0 Å². The molecule has 3 aromatic rings. The summed E-state index contributed by atoms with van der Waals surface area (Å²) in [5, 5.41) is 36.5. The Labute approximate surface area is 218 Å². The third kappa shape index (κ3) is 6.71. The molecule has 3 atom stereocenters. The second kappa shape index (κ2) is 12.2. The highest BCUT2D eigenvalue weighted by Gasteiger charge is 2.48. The van der Waals surface area contributed by atoms with Crippen LogP contribution in [0.25, 0.3) is 0 Å². The van der Waals surface area contributed by atoms with Gasteiger partial charge in [-0.2, -0.15) is 0 Å². The van der Waals surface area contributed by atoms with Crippen LogP contribution in [0, 0.1) is 0 Å². The molecule has 0 heterocycles. The summed E-state index contributed by atoms with van der Waals surface area (Å²) in [6.07, 6.45) is 5.60. The van der Waals surface area contributed by atoms with Crippen molar-refractivity contribution in [3.8, 4) is 0 Å². The number of aliphatic carboxylic acids is 1. The van der Waals surface area contributed by atoms with Crippen molar-refractivity contribution in [1.82, 2.24) is 5.32 Å². The number of benzene rings is 3. The lowest BCUT2D eigenvalue weighted by molar-refractivity contribution is -0.139. The first-order valence-corrected chi connectivity index (χ1v) is 11.8. The van der Waals surface area contributed by atoms with Gasteiger partial charge in [0.1, 0.15) is 17.2 Å². The number of halogens is 1. The molecule has 3 aromatic carbocycles. The van der Waals surface area contributed by atoms with E-state index < -0.39 is 23.2 Å². The number of nitrogens with one attached hydrogen (secondary N) is 1. The fourth-order valence-corrected chi connectivity index (χ4v) is 4.55. The molecule has 4 rings (SSSR count). The number of carbonyl (C=O) groups is 1. The van der Waals surface area contributed by atoms with E-state index >= 15 is 0 Å². The van der Waals surface area contributed by atoms with Gasteiger partial charge in [0.25, 0.3) is 0 Å². The second-order valence-corrected chi connectivity index (χ2v) is 9.19. The number of hydrogen-bond donors (Lipinski definition) is 4. The highest BCUT2D eigenvalue weighted by atomic mass is 35.5. The zero-order chi connectivity index (χ0) is 24.7. The van der Waals surface area contributed by atoms with Gasteiger partial charge in [0.2, 0.25) is 0 Å². The number of hydrogen-bond acceptors (Lipinski definition) is 4. The SMILES string of the molecule is Cl.O=C(O)C(CC1=CC(O)(Cc2ccccc2)C(O)(Cc2ccccc2)C=C1)NCc1ccccc1. The molecule has 36 heavy (non-hydrogen) atoms. The molecule has 0 spiro atoms. The smallest absolute Gasteiger partial charge is 0.321 e. The molecule has 0 aliphatic heterocycles. The molecule has 0 radical (unpaired) electrons. The van der Waals surface area contributed by atoms with E-state index in [0.29, 0.717) is 12.1 Å². The van der Waals surface area contributed by atoms with Crippen LogP contribution in [-0.2, 0) is 24.2 Å². The predicted molar refractivity (Wildman–Crippen MR) is 144 cm³/mol. The fourth-order valence-electron chi connectivity index (χ4n) is 4.55. The average molecular weight is 506 g/mol. The van der Waals surface area contributed by atoms with Gasteiger partial charge in [-0.25, -0.2) is 0 Å². The summed E-state index contributed by atoms with van der Waals surface area (Å²) in [7, 11) is 0. The number of rotatable bonds is 10. The summed E-state index contributed by atoms with van der Waals surface area (Å²) >= 11 is 0. The molecular weight excluding hydrogens is 474 g/mol. The van der Waals surface area contributed by atoms with Crippen molar-refractivity contribution in [1.29, 1.82) is 0 Å². The first kappa shape index (κ1) is 27.4. The van der Waals surface area contributed by atoms with Crippen LogP contribution >= 0.6 is 12.4 Å². The van der Waals surface area contributed by atoms with Crippen molar-refractivity contribution in [3.05, 3.63) is 131 Å². The lowest BCUT2D eigenvalue weighted by Gasteiger charge is -2.43. The summed E-state index contributed by atoms with van der Waals surface area (Å²) in [6, 6.07) is 27.8. The van der Waals surface area contributed by atoms with E-state index in [2.05, 4.69) is 5.32 Å². The Morgan fingerprint density at radius 2 is 1.22 bits per heavy atom. The number of carboxylic acid groups (broad SMARTS) is 1. The van der Waals surface area contributed by atoms with Crippen LogP contribution in [0.3, 0.4) is 0 Å². The van der Waals surface area contributed by atoms with Crippen LogP contribution < -0.4 is 5.32 Å². The van der Waals surface area contributed by atoms with E-state index in [0.717, 1.165) is 16.7 Å². The molecule has 0 saturated carbocycles. The van der Waals surface area contributed by atoms with Crippen molar-refractivity contribution in [2.75, 3.05) is 0 Å². The van der Waals surface area contributed by atoms with E-state index in [1.807, 2.05) is 91.0 Å². The molecular formula is C30H32ClNO4. The predicted octanol–water partition coefficient (Wildman–Crippen LogP) is 4.49. The van der Waals surface area contributed by atoms with Crippen molar-refractivity contribution in [2.45, 2.75) is 43.1 Å². The highest BCUT2D eigenvalue weighted by Crippen LogP contribution is 2.38. The van der Waals surface area contributed by atoms with Crippen LogP contribution in [0.2, 0.25) is 0 Å². The van der Waals surface area contributed by atoms with Crippen LogP contribution in [-0.4, -0.2) is 38.5 Å². The molecule has 6 heteroatoms. The lowest BCUT2D eigenvalue weighted by atomic mass is 9.70. The minimum absolute atomic E-state index is 0. The third-order valence-electron chi connectivity index (χ3n) is 6.51. The summed E-state index contributed by atoms with van der Waals surface area (Å²) in [6.45, 7) is 0.418. The van der Waals surface area contributed by atoms with Gasteiger partial charge in [0, 0.05) is 19.4 Å². The Morgan fingerprint density at radius 3 is 1.72 bits per heavy atom. The van der Waals surface area contributed by atoms with Gasteiger partial charge in [-0.05, 0) is 40.8 Å². The fraction of sp³-hybridized carbons (Fsp3) is 0.233. The maximum Gasteiger partial charge on any atom is 0.321 e. The molecule has 0 saturated heterocycles. The van der Waals surface area contributed by atoms with Crippen molar-refractivity contribution < 1.29 is 20.1 Å². The number of aliphatic hydroxyl groups is 2. The first-order chi connectivity index (χ1) is 16.9. The van der Waals surface area contributed by atoms with E-state index in [-0.39, 0.29) is 31.7 Å². The molecule has 4 N–H and O–H groups in total. The molecule has 1 aliphatic carbocycles. The average Bonchev–Trinajstić information content (AvgIpc) is 2.86. The number of carboxylic acids is 1. The minimum atomic E-state index is -1.61. The molecule has 1 aliphatic rings. The Hall–Kier alpha value is -3.22. The highest BCUT2D eigenvalue weighted by molar-refractivity contribution is 5.85. The standard InChI is InChI=1S/C30H31NO4.ClH/c32-28(33)27(31-22-25-14-8-3-9-15-25)18-26-16-17-29(34,19-23-10-4-1-5-11-23)30(35,21-26)20-24-12-6-2-7-13-24;/h1-17,21,27,31,34-35H,18-20,22H2,(H,32,33);1H. The molecule has 0 fully saturated rings. The Morgan fingerprint density at radius 1 is 0.750 bits per heavy atom. The zero-order valence-corrected chi connectivity index (χ0v) is 20.8. The zero-order valence-electron chi connectivity index (χ0n) is 20.0. The van der Waals surface area contributed by atoms with E-state index in [9.17, 15) is 20.1 Å². The molecule has 0 aromatic heterocycles. The third-order valence-corrected chi connectivity index (χ3v) is 6.51. The summed E-state index contributed by atoms with van der Waals surface area (Å²) < 4.78 is 0. The molecule has 0 bridgehead atoms. The van der Waals surface area contributed by atoms with Crippen LogP contribution in [0.4, 0.5) is 0 Å². The minimum Gasteiger partial charge on any atom is -0.480 e. The quantitative estimate of drug-likeness (QED) is 0.326. The molecule has 0 amide bonds. The summed E-state index contributed by atoms with van der Waals surface area (Å²) in [4.78, 5) is 12.0. The lowest BCUT2D eigenvalue weighted by Crippen LogP contribution is -2.56. The molecule has 5 nitrogen and oxygen atoms in total. The van der Waals surface area contributed by atoms with Crippen molar-refractivity contribution >= 4 is 18.4 Å². The maximum absolute atomic E-state index is 12.0. The van der Waals surface area contributed by atoms with Gasteiger partial charge in [-0.1, -0.05) is 97.1 Å². The van der Waals surface area contributed by atoms with Gasteiger partial charge in [0.05, 0.1) is 0 Å². The number of allylic oxidation sites excluding steroid dienone is 1. The second-order valence-electron chi connectivity index (χ2n) is 9.19. The van der Waals surface area contributed by atoms with Crippen molar-refractivity contribution in [3.63, 3.8) is 0 Å². The largest absolute Gasteiger partial charge is 0.480 e. The summed E-state index contributed by atoms with van der Waals surface area (Å²) in [5.74, 6) is -0.966. The Bertz CT molecular complexity index is 1180. The van der Waals surface area contributed by atoms with E-state index in [4.69, 9.17) is 0 Å². The van der Waals surface area contributed by atoms with Gasteiger partial charge in [-0.15, -0.1) is 12.4 Å². The van der Waals surface area contributed by atoms with Crippen LogP contribution in [0.5, 0.6) is 0 Å². The van der Waals surface area contributed by atoms with E-state index in [1.54, 1.807) is 18.2 Å². The van der Waals surface area contributed by atoms with Crippen LogP contribution in [0.1, 0.15) is 23.1 Å². The monoisotopic (exact) mass is 505 g/mol. The Balaban J connectivity index is 0.00000361. The topological polar surface area (TPSA) is 89.8 Å². The van der Waals surface area contributed by atoms with Crippen LogP contribution in [0.15, 0.2) is 115 Å². The summed E-state index contributed by atoms with van der Waals surface area (Å²) in [5.41, 5.74) is 0.264. The maximum atomic E-state index is 12.0. The van der Waals surface area contributed by atoms with Gasteiger partial charge < -0.3 is 20.6 Å². The molecule has 3 unspecified atom stereocenters. The van der Waals surface area contributed by atoms with E-state index in [1.165, 1.54) is 0 Å². The molecule has 188 valence electrons. The van der Waals surface area contributed by atoms with Gasteiger partial charge >= 0.3 is 5.97 Å². The Kier molecular flexibility index (Phi) is 9.24.